The highest BCUT2D eigenvalue weighted by molar-refractivity contribution is 6.11. The van der Waals surface area contributed by atoms with Crippen LogP contribution in [0.5, 0.6) is 0 Å². The number of hydrogen-bond donors (Lipinski definition) is 1. The molecule has 1 N–H and O–H groups in total. The van der Waals surface area contributed by atoms with E-state index in [4.69, 9.17) is 0 Å². The summed E-state index contributed by atoms with van der Waals surface area (Å²) in [5.74, 6) is -0.606. The van der Waals surface area contributed by atoms with Crippen LogP contribution in [-0.2, 0) is 10.4 Å². The molecule has 1 heterocycles. The molecule has 4 heteroatoms. The number of aryl methyl sites for hydroxylation is 3. The number of hydrogen-bond acceptors (Lipinski definition) is 3. The Morgan fingerprint density at radius 1 is 1.07 bits per heavy atom. The number of unbranched alkanes of at least 4 members (excludes halogenated alkanes) is 1. The number of rotatable bonds is 6. The summed E-state index contributed by atoms with van der Waals surface area (Å²) in [6.45, 7) is 8.47. The van der Waals surface area contributed by atoms with E-state index < -0.39 is 11.5 Å². The Morgan fingerprint density at radius 2 is 1.74 bits per heavy atom. The van der Waals surface area contributed by atoms with Gasteiger partial charge in [0.05, 0.1) is 12.1 Å². The lowest BCUT2D eigenvalue weighted by molar-refractivity contribution is -0.135. The molecule has 2 aromatic rings. The van der Waals surface area contributed by atoms with Crippen LogP contribution < -0.4 is 4.90 Å². The van der Waals surface area contributed by atoms with Crippen molar-refractivity contribution in [1.29, 1.82) is 0 Å². The van der Waals surface area contributed by atoms with Crippen molar-refractivity contribution in [2.45, 2.75) is 52.6 Å². The molecule has 1 aliphatic heterocycles. The fourth-order valence-corrected chi connectivity index (χ4v) is 3.80. The summed E-state index contributed by atoms with van der Waals surface area (Å²) in [6.07, 6.45) is 1.56. The maximum absolute atomic E-state index is 13.1. The molecule has 1 atom stereocenters. The molecule has 0 spiro atoms. The number of ketones is 1. The molecule has 0 saturated heterocycles. The van der Waals surface area contributed by atoms with Crippen LogP contribution in [0.15, 0.2) is 36.4 Å². The quantitative estimate of drug-likeness (QED) is 0.780. The molecule has 142 valence electrons. The first kappa shape index (κ1) is 19.3. The molecule has 2 aromatic carbocycles. The molecule has 0 bridgehead atoms. The van der Waals surface area contributed by atoms with E-state index in [0.717, 1.165) is 29.5 Å². The molecule has 0 aliphatic carbocycles. The molecule has 3 rings (SSSR count). The van der Waals surface area contributed by atoms with Crippen molar-refractivity contribution in [3.8, 4) is 0 Å². The number of aliphatic hydroxyl groups is 1. The average molecular weight is 365 g/mol. The van der Waals surface area contributed by atoms with E-state index in [1.54, 1.807) is 17.0 Å². The zero-order chi connectivity index (χ0) is 19.8. The second-order valence-electron chi connectivity index (χ2n) is 7.54. The van der Waals surface area contributed by atoms with Gasteiger partial charge >= 0.3 is 0 Å². The summed E-state index contributed by atoms with van der Waals surface area (Å²) in [5, 5.41) is 11.3. The maximum atomic E-state index is 13.1. The summed E-state index contributed by atoms with van der Waals surface area (Å²) in [6, 6.07) is 11.1. The summed E-state index contributed by atoms with van der Waals surface area (Å²) in [5.41, 5.74) is 3.03. The van der Waals surface area contributed by atoms with Gasteiger partial charge in [0.2, 0.25) is 0 Å². The highest BCUT2D eigenvalue weighted by atomic mass is 16.3. The molecule has 0 radical (unpaired) electrons. The largest absolute Gasteiger partial charge is 0.375 e. The van der Waals surface area contributed by atoms with Crippen LogP contribution in [0.3, 0.4) is 0 Å². The van der Waals surface area contributed by atoms with Gasteiger partial charge in [0.25, 0.3) is 5.91 Å². The number of fused-ring (bicyclic) bond motifs is 1. The van der Waals surface area contributed by atoms with Crippen LogP contribution in [0.4, 0.5) is 5.69 Å². The minimum Gasteiger partial charge on any atom is -0.375 e. The average Bonchev–Trinajstić information content (AvgIpc) is 2.84. The van der Waals surface area contributed by atoms with E-state index in [1.807, 2.05) is 45.0 Å². The van der Waals surface area contributed by atoms with Gasteiger partial charge in [-0.3, -0.25) is 9.59 Å². The van der Waals surface area contributed by atoms with Crippen LogP contribution in [0, 0.1) is 20.8 Å². The van der Waals surface area contributed by atoms with Crippen molar-refractivity contribution in [1.82, 2.24) is 0 Å². The Balaban J connectivity index is 1.97. The maximum Gasteiger partial charge on any atom is 0.264 e. The number of para-hydroxylation sites is 1. The monoisotopic (exact) mass is 365 g/mol. The number of carbonyl (C=O) groups excluding carboxylic acids is 2. The third kappa shape index (κ3) is 3.30. The van der Waals surface area contributed by atoms with Crippen LogP contribution >= 0.6 is 0 Å². The van der Waals surface area contributed by atoms with Gasteiger partial charge in [-0.1, -0.05) is 37.6 Å². The minimum atomic E-state index is -1.80. The predicted octanol–water partition coefficient (Wildman–Crippen LogP) is 4.22. The smallest absolute Gasteiger partial charge is 0.264 e. The van der Waals surface area contributed by atoms with E-state index in [9.17, 15) is 14.7 Å². The fourth-order valence-electron chi connectivity index (χ4n) is 3.80. The predicted molar refractivity (Wildman–Crippen MR) is 107 cm³/mol. The van der Waals surface area contributed by atoms with E-state index in [2.05, 4.69) is 6.92 Å². The molecule has 0 aromatic heterocycles. The third-order valence-corrected chi connectivity index (χ3v) is 5.53. The molecule has 1 amide bonds. The molecular weight excluding hydrogens is 338 g/mol. The Labute approximate surface area is 160 Å². The number of nitrogens with zero attached hydrogens (tertiary/aromatic N) is 1. The highest BCUT2D eigenvalue weighted by Gasteiger charge is 2.50. The second kappa shape index (κ2) is 7.28. The van der Waals surface area contributed by atoms with Crippen molar-refractivity contribution in [3.63, 3.8) is 0 Å². The van der Waals surface area contributed by atoms with Gasteiger partial charge in [0.15, 0.2) is 11.4 Å². The van der Waals surface area contributed by atoms with Crippen molar-refractivity contribution in [2.24, 2.45) is 0 Å². The molecule has 0 fully saturated rings. The molecule has 27 heavy (non-hydrogen) atoms. The van der Waals surface area contributed by atoms with E-state index in [-0.39, 0.29) is 12.2 Å². The van der Waals surface area contributed by atoms with Crippen LogP contribution in [-0.4, -0.2) is 23.3 Å². The SMILES string of the molecule is CCCCN1C(=O)[C@@](O)(CC(=O)c2cc(C)c(C)cc2C)c2ccccc21. The van der Waals surface area contributed by atoms with Gasteiger partial charge in [-0.2, -0.15) is 0 Å². The first-order valence-corrected chi connectivity index (χ1v) is 9.54. The van der Waals surface area contributed by atoms with Gasteiger partial charge in [-0.15, -0.1) is 0 Å². The first-order chi connectivity index (χ1) is 12.8. The number of benzene rings is 2. The van der Waals surface area contributed by atoms with Gasteiger partial charge in [0, 0.05) is 17.7 Å². The highest BCUT2D eigenvalue weighted by Crippen LogP contribution is 2.43. The summed E-state index contributed by atoms with van der Waals surface area (Å²) in [7, 11) is 0. The van der Waals surface area contributed by atoms with Crippen molar-refractivity contribution < 1.29 is 14.7 Å². The Morgan fingerprint density at radius 3 is 2.44 bits per heavy atom. The fraction of sp³-hybridized carbons (Fsp3) is 0.391. The molecule has 0 unspecified atom stereocenters. The number of amides is 1. The molecule has 0 saturated carbocycles. The van der Waals surface area contributed by atoms with Gasteiger partial charge < -0.3 is 10.0 Å². The Hall–Kier alpha value is -2.46. The van der Waals surface area contributed by atoms with Gasteiger partial charge in [-0.25, -0.2) is 0 Å². The van der Waals surface area contributed by atoms with Crippen molar-refractivity contribution in [3.05, 3.63) is 64.2 Å². The summed E-state index contributed by atoms with van der Waals surface area (Å²) < 4.78 is 0. The van der Waals surface area contributed by atoms with E-state index >= 15 is 0 Å². The zero-order valence-corrected chi connectivity index (χ0v) is 16.5. The number of anilines is 1. The van der Waals surface area contributed by atoms with Crippen molar-refractivity contribution >= 4 is 17.4 Å². The van der Waals surface area contributed by atoms with E-state index in [1.165, 1.54) is 0 Å². The van der Waals surface area contributed by atoms with Gasteiger partial charge in [0.1, 0.15) is 0 Å². The van der Waals surface area contributed by atoms with Gasteiger partial charge in [-0.05, 0) is 56.0 Å². The Kier molecular flexibility index (Phi) is 5.20. The molecule has 4 nitrogen and oxygen atoms in total. The lowest BCUT2D eigenvalue weighted by Crippen LogP contribution is -2.42. The van der Waals surface area contributed by atoms with Crippen LogP contribution in [0.2, 0.25) is 0 Å². The summed E-state index contributed by atoms with van der Waals surface area (Å²) in [4.78, 5) is 27.7. The second-order valence-corrected chi connectivity index (χ2v) is 7.54. The lowest BCUT2D eigenvalue weighted by Gasteiger charge is -2.23. The van der Waals surface area contributed by atoms with Crippen LogP contribution in [0.1, 0.15) is 58.8 Å². The zero-order valence-electron chi connectivity index (χ0n) is 16.5. The lowest BCUT2D eigenvalue weighted by atomic mass is 9.86. The van der Waals surface area contributed by atoms with Crippen molar-refractivity contribution in [2.75, 3.05) is 11.4 Å². The normalized spacial score (nSPS) is 18.7. The standard InChI is InChI=1S/C23H27NO3/c1-5-6-11-24-20-10-8-7-9-19(20)23(27,22(24)26)14-21(25)18-13-16(3)15(2)12-17(18)4/h7-10,12-13,27H,5-6,11,14H2,1-4H3/t23-/m1/s1. The number of Topliss-reactive ketones (excluding diaryl/α,β-unsaturated/α-hetero) is 1. The Bertz CT molecular complexity index is 902. The molecule has 1 aliphatic rings. The molecular formula is C23H27NO3. The first-order valence-electron chi connectivity index (χ1n) is 9.54. The van der Waals surface area contributed by atoms with Crippen LogP contribution in [0.25, 0.3) is 0 Å². The minimum absolute atomic E-state index is 0.210. The third-order valence-electron chi connectivity index (χ3n) is 5.53. The van der Waals surface area contributed by atoms with E-state index in [0.29, 0.717) is 23.4 Å². The number of carbonyl (C=O) groups is 2. The topological polar surface area (TPSA) is 57.6 Å². The summed E-state index contributed by atoms with van der Waals surface area (Å²) >= 11 is 0.